The smallest absolute Gasteiger partial charge is 0.270 e. The Kier molecular flexibility index (Phi) is 7.26. The molecule has 6 nitrogen and oxygen atoms in total. The molecule has 1 aromatic rings. The van der Waals surface area contributed by atoms with Crippen molar-refractivity contribution in [3.63, 3.8) is 0 Å². The molecule has 0 atom stereocenters. The van der Waals surface area contributed by atoms with Gasteiger partial charge >= 0.3 is 0 Å². The second kappa shape index (κ2) is 7.86. The summed E-state index contributed by atoms with van der Waals surface area (Å²) in [6.45, 7) is 0.928. The van der Waals surface area contributed by atoms with E-state index in [1.807, 2.05) is 0 Å². The Hall–Kier alpha value is -1.37. The second-order valence-corrected chi connectivity index (χ2v) is 3.73. The number of nitrogens with one attached hydrogen (secondary N) is 1. The Morgan fingerprint density at radius 1 is 1.50 bits per heavy atom. The number of hydrogen-bond donors (Lipinski definition) is 2. The molecule has 0 aliphatic carbocycles. The van der Waals surface area contributed by atoms with E-state index >= 15 is 0 Å². The van der Waals surface area contributed by atoms with Crippen molar-refractivity contribution >= 4 is 35.6 Å². The van der Waals surface area contributed by atoms with Gasteiger partial charge in [0.2, 0.25) is 0 Å². The zero-order chi connectivity index (χ0) is 12.8. The molecule has 0 saturated heterocycles. The molecule has 1 aromatic carbocycles. The van der Waals surface area contributed by atoms with Gasteiger partial charge in [-0.3, -0.25) is 14.9 Å². The molecule has 0 fully saturated rings. The average molecular weight is 294 g/mol. The molecule has 0 spiro atoms. The van der Waals surface area contributed by atoms with Gasteiger partial charge in [0, 0.05) is 18.7 Å². The van der Waals surface area contributed by atoms with Gasteiger partial charge in [-0.2, -0.15) is 0 Å². The van der Waals surface area contributed by atoms with E-state index < -0.39 is 4.92 Å². The van der Waals surface area contributed by atoms with E-state index in [0.29, 0.717) is 19.5 Å². The molecule has 0 radical (unpaired) electrons. The molecule has 0 saturated carbocycles. The van der Waals surface area contributed by atoms with Crippen LogP contribution in [-0.2, 0) is 0 Å². The van der Waals surface area contributed by atoms with Crippen molar-refractivity contribution in [3.8, 4) is 0 Å². The van der Waals surface area contributed by atoms with E-state index in [0.717, 1.165) is 6.07 Å². The molecular weight excluding hydrogens is 281 g/mol. The van der Waals surface area contributed by atoms with Crippen molar-refractivity contribution in [3.05, 3.63) is 38.9 Å². The molecule has 0 bridgehead atoms. The number of amides is 1. The third kappa shape index (κ3) is 4.48. The number of non-ortho nitro benzene ring substituents is 1. The summed E-state index contributed by atoms with van der Waals surface area (Å²) in [6, 6.07) is 3.72. The first-order chi connectivity index (χ1) is 8.06. The number of nitrogens with two attached hydrogens (primary N) is 1. The number of carbonyl (C=O) groups is 1. The van der Waals surface area contributed by atoms with Crippen molar-refractivity contribution in [2.45, 2.75) is 6.42 Å². The van der Waals surface area contributed by atoms with Crippen LogP contribution in [0.2, 0.25) is 5.02 Å². The molecule has 3 N–H and O–H groups in total. The first kappa shape index (κ1) is 16.6. The Labute approximate surface area is 115 Å². The second-order valence-electron chi connectivity index (χ2n) is 3.32. The average Bonchev–Trinajstić information content (AvgIpc) is 2.28. The maximum atomic E-state index is 11.6. The molecule has 0 aliphatic heterocycles. The summed E-state index contributed by atoms with van der Waals surface area (Å²) in [5, 5.41) is 13.2. The van der Waals surface area contributed by atoms with Crippen molar-refractivity contribution in [1.82, 2.24) is 5.32 Å². The van der Waals surface area contributed by atoms with Crippen LogP contribution in [0.25, 0.3) is 0 Å². The number of hydrogen-bond acceptors (Lipinski definition) is 4. The van der Waals surface area contributed by atoms with E-state index in [2.05, 4.69) is 5.32 Å². The third-order valence-electron chi connectivity index (χ3n) is 2.07. The molecule has 0 aliphatic rings. The van der Waals surface area contributed by atoms with Gasteiger partial charge in [-0.05, 0) is 19.0 Å². The minimum Gasteiger partial charge on any atom is -0.352 e. The van der Waals surface area contributed by atoms with Crippen LogP contribution in [0, 0.1) is 10.1 Å². The fourth-order valence-electron chi connectivity index (χ4n) is 1.20. The first-order valence-corrected chi connectivity index (χ1v) is 5.36. The van der Waals surface area contributed by atoms with E-state index in [1.165, 1.54) is 12.1 Å². The fraction of sp³-hybridized carbons (Fsp3) is 0.300. The zero-order valence-electron chi connectivity index (χ0n) is 9.39. The van der Waals surface area contributed by atoms with Gasteiger partial charge in [0.05, 0.1) is 15.5 Å². The Morgan fingerprint density at radius 2 is 2.17 bits per heavy atom. The minimum absolute atomic E-state index is 0. The van der Waals surface area contributed by atoms with Crippen molar-refractivity contribution < 1.29 is 9.72 Å². The maximum Gasteiger partial charge on any atom is 0.270 e. The van der Waals surface area contributed by atoms with Crippen LogP contribution >= 0.6 is 24.0 Å². The van der Waals surface area contributed by atoms with E-state index in [-0.39, 0.29) is 34.6 Å². The van der Waals surface area contributed by atoms with Gasteiger partial charge in [-0.25, -0.2) is 0 Å². The third-order valence-corrected chi connectivity index (χ3v) is 2.39. The number of carbonyl (C=O) groups excluding carboxylic acids is 1. The topological polar surface area (TPSA) is 98.3 Å². The molecule has 100 valence electrons. The number of halogens is 2. The van der Waals surface area contributed by atoms with Gasteiger partial charge in [0.15, 0.2) is 0 Å². The largest absolute Gasteiger partial charge is 0.352 e. The Bertz CT molecular complexity index is 440. The number of nitro groups is 1. The summed E-state index contributed by atoms with van der Waals surface area (Å²) < 4.78 is 0. The highest BCUT2D eigenvalue weighted by atomic mass is 35.5. The summed E-state index contributed by atoms with van der Waals surface area (Å²) in [6.07, 6.45) is 0.663. The lowest BCUT2D eigenvalue weighted by molar-refractivity contribution is -0.384. The van der Waals surface area contributed by atoms with Crippen LogP contribution in [0.5, 0.6) is 0 Å². The van der Waals surface area contributed by atoms with Crippen LogP contribution in [-0.4, -0.2) is 23.9 Å². The van der Waals surface area contributed by atoms with E-state index in [4.69, 9.17) is 17.3 Å². The van der Waals surface area contributed by atoms with Crippen LogP contribution < -0.4 is 11.1 Å². The van der Waals surface area contributed by atoms with Crippen LogP contribution in [0.15, 0.2) is 18.2 Å². The molecule has 18 heavy (non-hydrogen) atoms. The number of benzene rings is 1. The first-order valence-electron chi connectivity index (χ1n) is 4.98. The quantitative estimate of drug-likeness (QED) is 0.491. The Morgan fingerprint density at radius 3 is 2.67 bits per heavy atom. The highest BCUT2D eigenvalue weighted by Gasteiger charge is 2.14. The van der Waals surface area contributed by atoms with Gasteiger partial charge in [-0.15, -0.1) is 12.4 Å². The number of rotatable bonds is 5. The molecule has 8 heteroatoms. The van der Waals surface area contributed by atoms with Crippen LogP contribution in [0.4, 0.5) is 5.69 Å². The molecule has 1 amide bonds. The predicted molar refractivity (Wildman–Crippen MR) is 71.4 cm³/mol. The lowest BCUT2D eigenvalue weighted by atomic mass is 10.2. The minimum atomic E-state index is -0.567. The summed E-state index contributed by atoms with van der Waals surface area (Å²) >= 11 is 5.79. The van der Waals surface area contributed by atoms with E-state index in [1.54, 1.807) is 0 Å². The summed E-state index contributed by atoms with van der Waals surface area (Å²) in [7, 11) is 0. The van der Waals surface area contributed by atoms with Gasteiger partial charge < -0.3 is 11.1 Å². The molecular formula is C10H13Cl2N3O3. The number of nitrogens with zero attached hydrogens (tertiary/aromatic N) is 1. The standard InChI is InChI=1S/C10H12ClN3O3.ClH/c11-9-6-7(14(16)17)2-3-8(9)10(15)13-5-1-4-12;/h2-3,6H,1,4-5,12H2,(H,13,15);1H. The van der Waals surface area contributed by atoms with Gasteiger partial charge in [0.25, 0.3) is 11.6 Å². The summed E-state index contributed by atoms with van der Waals surface area (Å²) in [5.41, 5.74) is 5.36. The monoisotopic (exact) mass is 293 g/mol. The van der Waals surface area contributed by atoms with E-state index in [9.17, 15) is 14.9 Å². The van der Waals surface area contributed by atoms with Crippen molar-refractivity contribution in [2.75, 3.05) is 13.1 Å². The Balaban J connectivity index is 0.00000289. The molecule has 1 rings (SSSR count). The highest BCUT2D eigenvalue weighted by molar-refractivity contribution is 6.34. The van der Waals surface area contributed by atoms with Gasteiger partial charge in [0.1, 0.15) is 0 Å². The van der Waals surface area contributed by atoms with Gasteiger partial charge in [-0.1, -0.05) is 11.6 Å². The SMILES string of the molecule is Cl.NCCCNC(=O)c1ccc([N+](=O)[O-])cc1Cl. The predicted octanol–water partition coefficient (Wildman–Crippen LogP) is 1.75. The van der Waals surface area contributed by atoms with Crippen molar-refractivity contribution in [1.29, 1.82) is 0 Å². The maximum absolute atomic E-state index is 11.6. The van der Waals surface area contributed by atoms with Crippen LogP contribution in [0.3, 0.4) is 0 Å². The highest BCUT2D eigenvalue weighted by Crippen LogP contribution is 2.22. The number of nitro benzene ring substituents is 1. The van der Waals surface area contributed by atoms with Crippen LogP contribution in [0.1, 0.15) is 16.8 Å². The lowest BCUT2D eigenvalue weighted by Gasteiger charge is -2.05. The lowest BCUT2D eigenvalue weighted by Crippen LogP contribution is -2.26. The summed E-state index contributed by atoms with van der Waals surface area (Å²) in [5.74, 6) is -0.363. The normalized spacial score (nSPS) is 9.44. The molecule has 0 aromatic heterocycles. The molecule has 0 unspecified atom stereocenters. The molecule has 0 heterocycles. The zero-order valence-corrected chi connectivity index (χ0v) is 11.0. The fourth-order valence-corrected chi connectivity index (χ4v) is 1.46. The summed E-state index contributed by atoms with van der Waals surface area (Å²) in [4.78, 5) is 21.5. The van der Waals surface area contributed by atoms with Crippen molar-refractivity contribution in [2.24, 2.45) is 5.73 Å².